The number of ether oxygens (including phenoxy) is 2. The Hall–Kier alpha value is -0.530. The molecular weight excluding hydrogens is 288 g/mol. The molecule has 0 radical (unpaired) electrons. The first kappa shape index (κ1) is 16.3. The number of Topliss-reactive ketones (excluding diaryl/α,β-unsaturated/α-hetero) is 1. The first-order valence-corrected chi connectivity index (χ1v) is 8.24. The number of aliphatic hydroxyl groups is 3. The van der Waals surface area contributed by atoms with Crippen molar-refractivity contribution in [3.05, 3.63) is 0 Å². The number of aliphatic hydroxyl groups excluding tert-OH is 3. The van der Waals surface area contributed by atoms with Crippen molar-refractivity contribution < 1.29 is 29.6 Å². The Kier molecular flexibility index (Phi) is 4.85. The van der Waals surface area contributed by atoms with Gasteiger partial charge in [0.1, 0.15) is 5.78 Å². The maximum absolute atomic E-state index is 12.4. The quantitative estimate of drug-likeness (QED) is 0.665. The zero-order chi connectivity index (χ0) is 15.9. The Morgan fingerprint density at radius 1 is 1.05 bits per heavy atom. The van der Waals surface area contributed by atoms with Crippen LogP contribution in [0, 0.1) is 11.8 Å². The second kappa shape index (κ2) is 6.53. The van der Waals surface area contributed by atoms with Crippen LogP contribution in [0.5, 0.6) is 0 Å². The summed E-state index contributed by atoms with van der Waals surface area (Å²) < 4.78 is 11.4. The van der Waals surface area contributed by atoms with Crippen molar-refractivity contribution in [2.75, 3.05) is 7.11 Å². The minimum absolute atomic E-state index is 0.0424. The minimum Gasteiger partial charge on any atom is -0.393 e. The van der Waals surface area contributed by atoms with Gasteiger partial charge in [-0.15, -0.1) is 0 Å². The molecule has 1 saturated heterocycles. The van der Waals surface area contributed by atoms with Crippen molar-refractivity contribution in [3.63, 3.8) is 0 Å². The Morgan fingerprint density at radius 2 is 1.82 bits per heavy atom. The molecule has 8 unspecified atom stereocenters. The summed E-state index contributed by atoms with van der Waals surface area (Å²) in [6.07, 6.45) is 0.445. The van der Waals surface area contributed by atoms with E-state index in [1.54, 1.807) is 7.11 Å². The molecule has 2 aliphatic carbocycles. The molecule has 3 aliphatic rings. The van der Waals surface area contributed by atoms with Gasteiger partial charge in [-0.05, 0) is 25.2 Å². The molecular formula is C16H26O6. The highest BCUT2D eigenvalue weighted by Gasteiger charge is 2.48. The highest BCUT2D eigenvalue weighted by Crippen LogP contribution is 2.39. The standard InChI is InChI=1S/C16H26O6/c1-21-14-4-8(2-3-10(14)18)13-7-12(20)16-11(19)5-9(17)6-15(16)22-13/h8-11,13-19H,2-7H2,1H3. The predicted molar refractivity (Wildman–Crippen MR) is 77.2 cm³/mol. The Bertz CT molecular complexity index is 413. The lowest BCUT2D eigenvalue weighted by molar-refractivity contribution is -0.184. The first-order valence-electron chi connectivity index (χ1n) is 8.24. The molecule has 3 fully saturated rings. The maximum atomic E-state index is 12.4. The van der Waals surface area contributed by atoms with E-state index in [0.717, 1.165) is 6.42 Å². The van der Waals surface area contributed by atoms with E-state index < -0.39 is 30.3 Å². The van der Waals surface area contributed by atoms with Gasteiger partial charge in [0.15, 0.2) is 0 Å². The van der Waals surface area contributed by atoms with Crippen LogP contribution in [0.3, 0.4) is 0 Å². The molecule has 0 bridgehead atoms. The zero-order valence-corrected chi connectivity index (χ0v) is 12.9. The topological polar surface area (TPSA) is 96.2 Å². The van der Waals surface area contributed by atoms with Gasteiger partial charge in [0.25, 0.3) is 0 Å². The number of fused-ring (bicyclic) bond motifs is 1. The number of carbonyl (C=O) groups excluding carboxylic acids is 1. The summed E-state index contributed by atoms with van der Waals surface area (Å²) in [5.41, 5.74) is 0. The van der Waals surface area contributed by atoms with Gasteiger partial charge >= 0.3 is 0 Å². The Labute approximate surface area is 130 Å². The summed E-state index contributed by atoms with van der Waals surface area (Å²) in [5, 5.41) is 29.7. The van der Waals surface area contributed by atoms with Gasteiger partial charge in [-0.3, -0.25) is 4.79 Å². The van der Waals surface area contributed by atoms with Crippen molar-refractivity contribution in [3.8, 4) is 0 Å². The first-order chi connectivity index (χ1) is 10.5. The molecule has 2 saturated carbocycles. The summed E-state index contributed by atoms with van der Waals surface area (Å²) in [5.74, 6) is -0.276. The summed E-state index contributed by atoms with van der Waals surface area (Å²) in [6.45, 7) is 0. The summed E-state index contributed by atoms with van der Waals surface area (Å²) >= 11 is 0. The van der Waals surface area contributed by atoms with Crippen LogP contribution < -0.4 is 0 Å². The molecule has 22 heavy (non-hydrogen) atoms. The second-order valence-electron chi connectivity index (χ2n) is 7.02. The fourth-order valence-corrected chi connectivity index (χ4v) is 4.37. The lowest BCUT2D eigenvalue weighted by Gasteiger charge is -2.45. The van der Waals surface area contributed by atoms with Crippen LogP contribution >= 0.6 is 0 Å². The van der Waals surface area contributed by atoms with Crippen LogP contribution in [0.15, 0.2) is 0 Å². The number of methoxy groups -OCH3 is 1. The molecule has 6 heteroatoms. The molecule has 0 aromatic carbocycles. The van der Waals surface area contributed by atoms with Gasteiger partial charge in [0.2, 0.25) is 0 Å². The van der Waals surface area contributed by atoms with Crippen molar-refractivity contribution in [2.24, 2.45) is 11.8 Å². The van der Waals surface area contributed by atoms with E-state index in [-0.39, 0.29) is 30.3 Å². The Morgan fingerprint density at radius 3 is 2.55 bits per heavy atom. The number of hydrogen-bond acceptors (Lipinski definition) is 6. The minimum atomic E-state index is -0.804. The van der Waals surface area contributed by atoms with E-state index in [4.69, 9.17) is 9.47 Å². The van der Waals surface area contributed by atoms with E-state index in [2.05, 4.69) is 0 Å². The third-order valence-corrected chi connectivity index (χ3v) is 5.58. The summed E-state index contributed by atoms with van der Waals surface area (Å²) in [7, 11) is 1.59. The van der Waals surface area contributed by atoms with Crippen LogP contribution in [-0.4, -0.2) is 64.8 Å². The second-order valence-corrected chi connectivity index (χ2v) is 7.02. The van der Waals surface area contributed by atoms with Crippen LogP contribution in [0.25, 0.3) is 0 Å². The lowest BCUT2D eigenvalue weighted by atomic mass is 9.73. The van der Waals surface area contributed by atoms with Gasteiger partial charge in [0, 0.05) is 26.4 Å². The molecule has 6 nitrogen and oxygen atoms in total. The molecule has 8 atom stereocenters. The van der Waals surface area contributed by atoms with Crippen LogP contribution in [0.1, 0.15) is 38.5 Å². The third-order valence-electron chi connectivity index (χ3n) is 5.58. The highest BCUT2D eigenvalue weighted by molar-refractivity contribution is 5.83. The van der Waals surface area contributed by atoms with Crippen molar-refractivity contribution in [2.45, 2.75) is 75.1 Å². The summed E-state index contributed by atoms with van der Waals surface area (Å²) in [4.78, 5) is 12.4. The van der Waals surface area contributed by atoms with E-state index in [0.29, 0.717) is 25.7 Å². The van der Waals surface area contributed by atoms with Crippen LogP contribution in [0.2, 0.25) is 0 Å². The normalized spacial score (nSPS) is 49.7. The number of carbonyl (C=O) groups is 1. The molecule has 0 spiro atoms. The van der Waals surface area contributed by atoms with Crippen molar-refractivity contribution >= 4 is 5.78 Å². The molecule has 1 aliphatic heterocycles. The average molecular weight is 314 g/mol. The van der Waals surface area contributed by atoms with Crippen molar-refractivity contribution in [1.82, 2.24) is 0 Å². The molecule has 0 aromatic rings. The SMILES string of the molecule is COC1CC(C2CC(=O)C3C(O)CC(O)CC3O2)CCC1O. The zero-order valence-electron chi connectivity index (χ0n) is 12.9. The Balaban J connectivity index is 1.68. The largest absolute Gasteiger partial charge is 0.393 e. The van der Waals surface area contributed by atoms with Crippen LogP contribution in [0.4, 0.5) is 0 Å². The number of ketones is 1. The monoisotopic (exact) mass is 314 g/mol. The molecule has 1 heterocycles. The summed E-state index contributed by atoms with van der Waals surface area (Å²) in [6, 6.07) is 0. The third kappa shape index (κ3) is 3.08. The average Bonchev–Trinajstić information content (AvgIpc) is 2.46. The van der Waals surface area contributed by atoms with E-state index in [1.807, 2.05) is 0 Å². The predicted octanol–water partition coefficient (Wildman–Crippen LogP) is 0.0208. The fraction of sp³-hybridized carbons (Fsp3) is 0.938. The fourth-order valence-electron chi connectivity index (χ4n) is 4.37. The van der Waals surface area contributed by atoms with Gasteiger partial charge in [0.05, 0.1) is 42.5 Å². The van der Waals surface area contributed by atoms with E-state index >= 15 is 0 Å². The highest BCUT2D eigenvalue weighted by atomic mass is 16.5. The molecule has 126 valence electrons. The van der Waals surface area contributed by atoms with Gasteiger partial charge in [-0.1, -0.05) is 0 Å². The van der Waals surface area contributed by atoms with Gasteiger partial charge in [-0.25, -0.2) is 0 Å². The lowest BCUT2D eigenvalue weighted by Crippen LogP contribution is -2.54. The molecule has 3 N–H and O–H groups in total. The number of hydrogen-bond donors (Lipinski definition) is 3. The van der Waals surface area contributed by atoms with Gasteiger partial charge < -0.3 is 24.8 Å². The smallest absolute Gasteiger partial charge is 0.143 e. The maximum Gasteiger partial charge on any atom is 0.143 e. The molecule has 0 aromatic heterocycles. The van der Waals surface area contributed by atoms with Crippen molar-refractivity contribution in [1.29, 1.82) is 0 Å². The van der Waals surface area contributed by atoms with E-state index in [9.17, 15) is 20.1 Å². The number of rotatable bonds is 2. The van der Waals surface area contributed by atoms with Gasteiger partial charge in [-0.2, -0.15) is 0 Å². The molecule has 0 amide bonds. The van der Waals surface area contributed by atoms with E-state index in [1.165, 1.54) is 0 Å². The van der Waals surface area contributed by atoms with Crippen LogP contribution in [-0.2, 0) is 14.3 Å². The molecule has 3 rings (SSSR count).